The van der Waals surface area contributed by atoms with Gasteiger partial charge in [-0.25, -0.2) is 5.43 Å². The summed E-state index contributed by atoms with van der Waals surface area (Å²) in [5.41, 5.74) is 5.68. The molecule has 1 N–H and O–H groups in total. The molecule has 2 aliphatic carbocycles. The van der Waals surface area contributed by atoms with Gasteiger partial charge in [-0.2, -0.15) is 10.2 Å². The molecular weight excluding hydrogens is 240 g/mol. The first-order valence-corrected chi connectivity index (χ1v) is 6.66. The van der Waals surface area contributed by atoms with E-state index in [1.807, 2.05) is 19.9 Å². The van der Waals surface area contributed by atoms with Crippen molar-refractivity contribution in [3.05, 3.63) is 29.6 Å². The van der Waals surface area contributed by atoms with Gasteiger partial charge >= 0.3 is 0 Å². The highest BCUT2D eigenvalue weighted by Gasteiger charge is 2.37. The Morgan fingerprint density at radius 2 is 2.42 bits per heavy atom. The summed E-state index contributed by atoms with van der Waals surface area (Å²) < 4.78 is 1.70. The lowest BCUT2D eigenvalue weighted by Gasteiger charge is -2.31. The standard InChI is InChI=1S/C14H18N4O/c1-9-6-10(2)18(17-9)8-14(19)16-15-13-7-11-4-3-5-12(11)13/h3-4,6,11-12H,5,7-8H2,1-2H3,(H,16,19)/b15-13-/t11-,12+/m1/s1. The molecule has 0 radical (unpaired) electrons. The summed E-state index contributed by atoms with van der Waals surface area (Å²) in [5, 5.41) is 8.50. The molecule has 5 heteroatoms. The van der Waals surface area contributed by atoms with Crippen molar-refractivity contribution in [2.45, 2.75) is 33.2 Å². The normalized spacial score (nSPS) is 26.3. The van der Waals surface area contributed by atoms with Crippen LogP contribution < -0.4 is 5.43 Å². The van der Waals surface area contributed by atoms with E-state index in [0.717, 1.165) is 29.9 Å². The third-order valence-electron chi connectivity index (χ3n) is 3.88. The summed E-state index contributed by atoms with van der Waals surface area (Å²) in [5.74, 6) is 1.08. The third kappa shape index (κ3) is 2.32. The van der Waals surface area contributed by atoms with E-state index in [-0.39, 0.29) is 12.5 Å². The Kier molecular flexibility index (Phi) is 2.97. The molecule has 0 aromatic carbocycles. The van der Waals surface area contributed by atoms with Crippen LogP contribution in [0.25, 0.3) is 0 Å². The molecule has 1 saturated carbocycles. The first-order chi connectivity index (χ1) is 9.13. The van der Waals surface area contributed by atoms with E-state index in [1.54, 1.807) is 4.68 Å². The van der Waals surface area contributed by atoms with Crippen LogP contribution in [0.2, 0.25) is 0 Å². The second kappa shape index (κ2) is 4.64. The zero-order chi connectivity index (χ0) is 13.4. The van der Waals surface area contributed by atoms with Crippen molar-refractivity contribution < 1.29 is 4.79 Å². The van der Waals surface area contributed by atoms with Gasteiger partial charge in [-0.3, -0.25) is 9.48 Å². The van der Waals surface area contributed by atoms with Crippen LogP contribution in [-0.4, -0.2) is 21.4 Å². The maximum atomic E-state index is 11.8. The van der Waals surface area contributed by atoms with E-state index in [2.05, 4.69) is 27.8 Å². The predicted molar refractivity (Wildman–Crippen MR) is 72.6 cm³/mol. The van der Waals surface area contributed by atoms with Gasteiger partial charge in [0.1, 0.15) is 6.54 Å². The Morgan fingerprint density at radius 3 is 3.11 bits per heavy atom. The van der Waals surface area contributed by atoms with Gasteiger partial charge in [0.05, 0.1) is 5.69 Å². The van der Waals surface area contributed by atoms with Gasteiger partial charge in [-0.15, -0.1) is 0 Å². The summed E-state index contributed by atoms with van der Waals surface area (Å²) in [6.07, 6.45) is 6.51. The lowest BCUT2D eigenvalue weighted by atomic mass is 9.74. The van der Waals surface area contributed by atoms with E-state index in [9.17, 15) is 4.79 Å². The van der Waals surface area contributed by atoms with Crippen molar-refractivity contribution in [1.82, 2.24) is 15.2 Å². The van der Waals surface area contributed by atoms with Gasteiger partial charge in [0.2, 0.25) is 0 Å². The Balaban J connectivity index is 1.55. The minimum absolute atomic E-state index is 0.117. The fourth-order valence-electron chi connectivity index (χ4n) is 2.80. The van der Waals surface area contributed by atoms with E-state index < -0.39 is 0 Å². The first kappa shape index (κ1) is 12.1. The highest BCUT2D eigenvalue weighted by atomic mass is 16.2. The number of aryl methyl sites for hydroxylation is 2. The molecular formula is C14H18N4O. The predicted octanol–water partition coefficient (Wildman–Crippen LogP) is 1.57. The summed E-state index contributed by atoms with van der Waals surface area (Å²) >= 11 is 0. The smallest absolute Gasteiger partial charge is 0.261 e. The van der Waals surface area contributed by atoms with Gasteiger partial charge in [-0.05, 0) is 38.7 Å². The van der Waals surface area contributed by atoms with Crippen molar-refractivity contribution in [1.29, 1.82) is 0 Å². The number of carbonyl (C=O) groups is 1. The number of nitrogens with one attached hydrogen (secondary N) is 1. The van der Waals surface area contributed by atoms with Crippen molar-refractivity contribution in [2.24, 2.45) is 16.9 Å². The number of hydrogen-bond donors (Lipinski definition) is 1. The molecule has 3 rings (SSSR count). The number of amides is 1. The third-order valence-corrected chi connectivity index (χ3v) is 3.88. The number of aromatic nitrogens is 2. The lowest BCUT2D eigenvalue weighted by Crippen LogP contribution is -2.36. The molecule has 1 aromatic rings. The number of carbonyl (C=O) groups excluding carboxylic acids is 1. The number of rotatable bonds is 3. The van der Waals surface area contributed by atoms with Crippen LogP contribution in [0, 0.1) is 25.7 Å². The zero-order valence-corrected chi connectivity index (χ0v) is 11.3. The maximum absolute atomic E-state index is 11.8. The number of allylic oxidation sites excluding steroid dienone is 2. The van der Waals surface area contributed by atoms with Crippen LogP contribution >= 0.6 is 0 Å². The van der Waals surface area contributed by atoms with Gasteiger partial charge in [0.15, 0.2) is 0 Å². The van der Waals surface area contributed by atoms with Crippen molar-refractivity contribution >= 4 is 11.6 Å². The molecule has 2 aliphatic rings. The summed E-state index contributed by atoms with van der Waals surface area (Å²) in [6, 6.07) is 1.96. The van der Waals surface area contributed by atoms with Gasteiger partial charge in [-0.1, -0.05) is 12.2 Å². The van der Waals surface area contributed by atoms with Crippen LogP contribution in [0.3, 0.4) is 0 Å². The molecule has 1 amide bonds. The summed E-state index contributed by atoms with van der Waals surface area (Å²) in [4.78, 5) is 11.8. The lowest BCUT2D eigenvalue weighted by molar-refractivity contribution is -0.121. The summed E-state index contributed by atoms with van der Waals surface area (Å²) in [7, 11) is 0. The summed E-state index contributed by atoms with van der Waals surface area (Å²) in [6.45, 7) is 4.09. The number of hydrazone groups is 1. The van der Waals surface area contributed by atoms with Crippen LogP contribution in [-0.2, 0) is 11.3 Å². The Labute approximate surface area is 112 Å². The van der Waals surface area contributed by atoms with Crippen molar-refractivity contribution in [3.8, 4) is 0 Å². The van der Waals surface area contributed by atoms with Crippen LogP contribution in [0.4, 0.5) is 0 Å². The van der Waals surface area contributed by atoms with E-state index in [4.69, 9.17) is 0 Å². The average molecular weight is 258 g/mol. The molecule has 0 bridgehead atoms. The van der Waals surface area contributed by atoms with Gasteiger partial charge < -0.3 is 0 Å². The second-order valence-electron chi connectivity index (χ2n) is 5.36. The minimum Gasteiger partial charge on any atom is -0.271 e. The molecule has 1 fully saturated rings. The Morgan fingerprint density at radius 1 is 1.58 bits per heavy atom. The molecule has 2 atom stereocenters. The monoisotopic (exact) mass is 258 g/mol. The second-order valence-corrected chi connectivity index (χ2v) is 5.36. The SMILES string of the molecule is Cc1cc(C)n(CC(=O)N/N=C2/C[C@H]3C=CC[C@H]23)n1. The molecule has 0 saturated heterocycles. The Hall–Kier alpha value is -1.91. The van der Waals surface area contributed by atoms with E-state index in [1.165, 1.54) is 0 Å². The van der Waals surface area contributed by atoms with Crippen molar-refractivity contribution in [2.75, 3.05) is 0 Å². The molecule has 0 unspecified atom stereocenters. The maximum Gasteiger partial charge on any atom is 0.261 e. The fourth-order valence-corrected chi connectivity index (χ4v) is 2.80. The molecule has 100 valence electrons. The van der Waals surface area contributed by atoms with Crippen LogP contribution in [0.5, 0.6) is 0 Å². The minimum atomic E-state index is -0.117. The number of hydrogen-bond acceptors (Lipinski definition) is 3. The van der Waals surface area contributed by atoms with Crippen molar-refractivity contribution in [3.63, 3.8) is 0 Å². The number of fused-ring (bicyclic) bond motifs is 1. The van der Waals surface area contributed by atoms with E-state index in [0.29, 0.717) is 11.8 Å². The van der Waals surface area contributed by atoms with Crippen LogP contribution in [0.1, 0.15) is 24.2 Å². The zero-order valence-electron chi connectivity index (χ0n) is 11.3. The Bertz CT molecular complexity index is 570. The largest absolute Gasteiger partial charge is 0.271 e. The molecule has 5 nitrogen and oxygen atoms in total. The quantitative estimate of drug-likeness (QED) is 0.661. The molecule has 19 heavy (non-hydrogen) atoms. The topological polar surface area (TPSA) is 59.3 Å². The van der Waals surface area contributed by atoms with Gasteiger partial charge in [0.25, 0.3) is 5.91 Å². The first-order valence-electron chi connectivity index (χ1n) is 6.66. The molecule has 1 aromatic heterocycles. The molecule has 1 heterocycles. The van der Waals surface area contributed by atoms with E-state index >= 15 is 0 Å². The number of nitrogens with zero attached hydrogens (tertiary/aromatic N) is 3. The fraction of sp³-hybridized carbons (Fsp3) is 0.500. The highest BCUT2D eigenvalue weighted by Crippen LogP contribution is 2.39. The average Bonchev–Trinajstić information content (AvgIpc) is 2.83. The van der Waals surface area contributed by atoms with Gasteiger partial charge in [0, 0.05) is 17.3 Å². The molecule has 0 aliphatic heterocycles. The molecule has 0 spiro atoms. The van der Waals surface area contributed by atoms with Crippen LogP contribution in [0.15, 0.2) is 23.3 Å². The highest BCUT2D eigenvalue weighted by molar-refractivity contribution is 5.94.